The van der Waals surface area contributed by atoms with E-state index in [-0.39, 0.29) is 11.8 Å². The lowest BCUT2D eigenvalue weighted by molar-refractivity contribution is -0.121. The summed E-state index contributed by atoms with van der Waals surface area (Å²) in [5.74, 6) is -0.308. The molecule has 0 spiro atoms. The number of nitrogens with one attached hydrogen (secondary N) is 2. The van der Waals surface area contributed by atoms with E-state index in [1.54, 1.807) is 12.1 Å². The van der Waals surface area contributed by atoms with Crippen LogP contribution in [0, 0.1) is 6.92 Å². The van der Waals surface area contributed by atoms with Crippen LogP contribution in [0.4, 0.5) is 11.4 Å². The summed E-state index contributed by atoms with van der Waals surface area (Å²) in [6.07, 6.45) is 1.16. The van der Waals surface area contributed by atoms with Crippen LogP contribution in [0.15, 0.2) is 18.2 Å². The van der Waals surface area contributed by atoms with Crippen molar-refractivity contribution >= 4 is 23.2 Å². The second-order valence-electron chi connectivity index (χ2n) is 5.03. The van der Waals surface area contributed by atoms with Crippen molar-refractivity contribution in [2.45, 2.75) is 46.1 Å². The molecule has 5 heteroatoms. The molecule has 0 aliphatic carbocycles. The number of benzene rings is 1. The molecular weight excluding hydrogens is 254 g/mol. The Hall–Kier alpha value is -1.88. The maximum atomic E-state index is 12.2. The summed E-state index contributed by atoms with van der Waals surface area (Å²) < 4.78 is 0. The first-order valence-corrected chi connectivity index (χ1v) is 6.81. The summed E-state index contributed by atoms with van der Waals surface area (Å²) in [4.78, 5) is 23.2. The average Bonchev–Trinajstić information content (AvgIpc) is 2.40. The highest BCUT2D eigenvalue weighted by molar-refractivity contribution is 5.98. The molecule has 20 heavy (non-hydrogen) atoms. The number of amides is 2. The van der Waals surface area contributed by atoms with Crippen LogP contribution in [0.5, 0.6) is 0 Å². The van der Waals surface area contributed by atoms with Crippen LogP contribution in [0.25, 0.3) is 0 Å². The molecule has 0 radical (unpaired) electrons. The Morgan fingerprint density at radius 2 is 1.80 bits per heavy atom. The van der Waals surface area contributed by atoms with E-state index in [9.17, 15) is 9.59 Å². The molecule has 0 unspecified atom stereocenters. The minimum atomic E-state index is -0.843. The first-order chi connectivity index (χ1) is 9.32. The Kier molecular flexibility index (Phi) is 5.27. The van der Waals surface area contributed by atoms with Gasteiger partial charge in [0.2, 0.25) is 11.8 Å². The van der Waals surface area contributed by atoms with Crippen molar-refractivity contribution in [3.63, 3.8) is 0 Å². The van der Waals surface area contributed by atoms with Gasteiger partial charge in [-0.15, -0.1) is 0 Å². The Bertz CT molecular complexity index is 508. The molecule has 0 bridgehead atoms. The normalized spacial score (nSPS) is 11.1. The van der Waals surface area contributed by atoms with Crippen LogP contribution in [0.2, 0.25) is 0 Å². The molecule has 5 nitrogen and oxygen atoms in total. The quantitative estimate of drug-likeness (QED) is 0.772. The number of carbonyl (C=O) groups excluding carboxylic acids is 2. The Morgan fingerprint density at radius 3 is 2.25 bits per heavy atom. The van der Waals surface area contributed by atoms with Gasteiger partial charge in [-0.2, -0.15) is 0 Å². The summed E-state index contributed by atoms with van der Waals surface area (Å²) in [5.41, 5.74) is 7.51. The molecule has 0 fully saturated rings. The van der Waals surface area contributed by atoms with Gasteiger partial charge in [0.15, 0.2) is 0 Å². The van der Waals surface area contributed by atoms with E-state index >= 15 is 0 Å². The van der Waals surface area contributed by atoms with Gasteiger partial charge in [-0.3, -0.25) is 9.59 Å². The number of carbonyl (C=O) groups is 2. The van der Waals surface area contributed by atoms with E-state index in [1.807, 2.05) is 26.8 Å². The van der Waals surface area contributed by atoms with E-state index in [0.717, 1.165) is 11.3 Å². The highest BCUT2D eigenvalue weighted by atomic mass is 16.2. The van der Waals surface area contributed by atoms with Gasteiger partial charge in [0.25, 0.3) is 0 Å². The largest absolute Gasteiger partial charge is 0.326 e. The number of aryl methyl sites for hydroxylation is 1. The molecule has 2 amide bonds. The van der Waals surface area contributed by atoms with Crippen LogP contribution in [0.1, 0.15) is 39.2 Å². The third kappa shape index (κ3) is 3.81. The van der Waals surface area contributed by atoms with Gasteiger partial charge in [-0.25, -0.2) is 0 Å². The molecule has 0 aromatic heterocycles. The van der Waals surface area contributed by atoms with Crippen molar-refractivity contribution in [1.82, 2.24) is 0 Å². The zero-order valence-corrected chi connectivity index (χ0v) is 12.5. The fourth-order valence-corrected chi connectivity index (χ4v) is 1.90. The number of rotatable bonds is 5. The Balaban J connectivity index is 2.87. The van der Waals surface area contributed by atoms with Crippen molar-refractivity contribution in [3.05, 3.63) is 23.8 Å². The molecule has 1 rings (SSSR count). The lowest BCUT2D eigenvalue weighted by Gasteiger charge is -2.25. The number of anilines is 2. The lowest BCUT2D eigenvalue weighted by atomic mass is 9.93. The maximum absolute atomic E-state index is 12.2. The second-order valence-corrected chi connectivity index (χ2v) is 5.03. The maximum Gasteiger partial charge on any atom is 0.244 e. The molecule has 1 aromatic rings. The van der Waals surface area contributed by atoms with Crippen molar-refractivity contribution < 1.29 is 9.59 Å². The molecule has 0 heterocycles. The zero-order chi connectivity index (χ0) is 15.3. The summed E-state index contributed by atoms with van der Waals surface area (Å²) in [7, 11) is 0. The Morgan fingerprint density at radius 1 is 1.20 bits per heavy atom. The highest BCUT2D eigenvalue weighted by Crippen LogP contribution is 2.21. The van der Waals surface area contributed by atoms with Crippen LogP contribution in [-0.2, 0) is 9.59 Å². The topological polar surface area (TPSA) is 84.2 Å². The predicted octanol–water partition coefficient (Wildman–Crippen LogP) is 2.41. The second kappa shape index (κ2) is 6.52. The molecule has 0 aliphatic heterocycles. The fraction of sp³-hybridized carbons (Fsp3) is 0.467. The van der Waals surface area contributed by atoms with Crippen LogP contribution >= 0.6 is 0 Å². The minimum absolute atomic E-state index is 0.122. The van der Waals surface area contributed by atoms with E-state index in [4.69, 9.17) is 5.73 Å². The molecule has 0 aliphatic rings. The lowest BCUT2D eigenvalue weighted by Crippen LogP contribution is -2.50. The summed E-state index contributed by atoms with van der Waals surface area (Å²) >= 11 is 0. The third-order valence-corrected chi connectivity index (χ3v) is 3.51. The van der Waals surface area contributed by atoms with E-state index < -0.39 is 5.54 Å². The van der Waals surface area contributed by atoms with Gasteiger partial charge < -0.3 is 16.4 Å². The molecule has 0 atom stereocenters. The number of hydrogen-bond donors (Lipinski definition) is 3. The van der Waals surface area contributed by atoms with Gasteiger partial charge in [0.1, 0.15) is 0 Å². The molecule has 4 N–H and O–H groups in total. The third-order valence-electron chi connectivity index (χ3n) is 3.51. The van der Waals surface area contributed by atoms with Crippen molar-refractivity contribution in [1.29, 1.82) is 0 Å². The van der Waals surface area contributed by atoms with Gasteiger partial charge in [-0.05, 0) is 43.5 Å². The van der Waals surface area contributed by atoms with Gasteiger partial charge in [0.05, 0.1) is 5.54 Å². The molecule has 1 aromatic carbocycles. The average molecular weight is 277 g/mol. The smallest absolute Gasteiger partial charge is 0.244 e. The van der Waals surface area contributed by atoms with Gasteiger partial charge >= 0.3 is 0 Å². The summed E-state index contributed by atoms with van der Waals surface area (Å²) in [6.45, 7) is 7.12. The Labute approximate surface area is 119 Å². The first-order valence-electron chi connectivity index (χ1n) is 6.81. The van der Waals surface area contributed by atoms with E-state index in [0.29, 0.717) is 18.5 Å². The SMILES string of the molecule is CCC(N)(CC)C(=O)Nc1ccc(NC(C)=O)c(C)c1. The zero-order valence-electron chi connectivity index (χ0n) is 12.5. The predicted molar refractivity (Wildman–Crippen MR) is 81.6 cm³/mol. The monoisotopic (exact) mass is 277 g/mol. The van der Waals surface area contributed by atoms with Gasteiger partial charge in [0, 0.05) is 18.3 Å². The van der Waals surface area contributed by atoms with Gasteiger partial charge in [-0.1, -0.05) is 13.8 Å². The number of nitrogens with two attached hydrogens (primary N) is 1. The highest BCUT2D eigenvalue weighted by Gasteiger charge is 2.29. The number of hydrogen-bond acceptors (Lipinski definition) is 3. The van der Waals surface area contributed by atoms with Crippen molar-refractivity contribution in [2.24, 2.45) is 5.73 Å². The first kappa shape index (κ1) is 16.2. The molecular formula is C15H23N3O2. The standard InChI is InChI=1S/C15H23N3O2/c1-5-15(16,6-2)14(20)18-12-7-8-13(10(3)9-12)17-11(4)19/h7-9H,5-6,16H2,1-4H3,(H,17,19)(H,18,20). The minimum Gasteiger partial charge on any atom is -0.326 e. The summed E-state index contributed by atoms with van der Waals surface area (Å²) in [6, 6.07) is 5.33. The summed E-state index contributed by atoms with van der Waals surface area (Å²) in [5, 5.41) is 5.56. The van der Waals surface area contributed by atoms with E-state index in [1.165, 1.54) is 6.92 Å². The fourth-order valence-electron chi connectivity index (χ4n) is 1.90. The van der Waals surface area contributed by atoms with Crippen LogP contribution in [0.3, 0.4) is 0 Å². The van der Waals surface area contributed by atoms with Crippen molar-refractivity contribution in [3.8, 4) is 0 Å². The van der Waals surface area contributed by atoms with Crippen LogP contribution < -0.4 is 16.4 Å². The van der Waals surface area contributed by atoms with Crippen molar-refractivity contribution in [2.75, 3.05) is 10.6 Å². The van der Waals surface area contributed by atoms with Crippen LogP contribution in [-0.4, -0.2) is 17.4 Å². The molecule has 110 valence electrons. The molecule has 0 saturated heterocycles. The molecule has 0 saturated carbocycles. The van der Waals surface area contributed by atoms with E-state index in [2.05, 4.69) is 10.6 Å².